The zero-order chi connectivity index (χ0) is 16.1. The van der Waals surface area contributed by atoms with E-state index < -0.39 is 0 Å². The van der Waals surface area contributed by atoms with E-state index in [0.717, 1.165) is 29.9 Å². The molecule has 0 radical (unpaired) electrons. The fourth-order valence-electron chi connectivity index (χ4n) is 2.86. The maximum absolute atomic E-state index is 12.1. The molecular formula is C19H23N3O. The van der Waals surface area contributed by atoms with E-state index in [0.29, 0.717) is 6.54 Å². The number of urea groups is 1. The molecule has 1 aliphatic rings. The summed E-state index contributed by atoms with van der Waals surface area (Å²) in [6, 6.07) is 16.0. The predicted molar refractivity (Wildman–Crippen MR) is 94.9 cm³/mol. The van der Waals surface area contributed by atoms with E-state index in [9.17, 15) is 4.79 Å². The van der Waals surface area contributed by atoms with Gasteiger partial charge in [-0.25, -0.2) is 4.79 Å². The second kappa shape index (κ2) is 7.18. The van der Waals surface area contributed by atoms with Crippen molar-refractivity contribution in [1.82, 2.24) is 5.32 Å². The third kappa shape index (κ3) is 4.03. The molecular weight excluding hydrogens is 286 g/mol. The molecule has 1 saturated heterocycles. The molecule has 2 aromatic carbocycles. The standard InChI is InChI=1S/C19H23N3O/c1-15-9-10-17(22-11-5-6-12-22)13-18(15)21-19(23)20-14-16-7-3-2-4-8-16/h2-4,7-10,13H,5-6,11-12,14H2,1H3,(H2,20,21,23). The van der Waals surface area contributed by atoms with Gasteiger partial charge in [-0.1, -0.05) is 36.4 Å². The van der Waals surface area contributed by atoms with Crippen LogP contribution in [0, 0.1) is 6.92 Å². The van der Waals surface area contributed by atoms with Gasteiger partial charge in [0.1, 0.15) is 0 Å². The summed E-state index contributed by atoms with van der Waals surface area (Å²) < 4.78 is 0. The number of carbonyl (C=O) groups excluding carboxylic acids is 1. The summed E-state index contributed by atoms with van der Waals surface area (Å²) in [5, 5.41) is 5.87. The number of aryl methyl sites for hydroxylation is 1. The van der Waals surface area contributed by atoms with Crippen LogP contribution in [-0.4, -0.2) is 19.1 Å². The third-order valence-corrected chi connectivity index (χ3v) is 4.24. The first-order valence-electron chi connectivity index (χ1n) is 8.17. The second-order valence-corrected chi connectivity index (χ2v) is 5.99. The number of nitrogens with zero attached hydrogens (tertiary/aromatic N) is 1. The molecule has 23 heavy (non-hydrogen) atoms. The van der Waals surface area contributed by atoms with Gasteiger partial charge in [-0.05, 0) is 43.0 Å². The van der Waals surface area contributed by atoms with Crippen molar-refractivity contribution in [2.24, 2.45) is 0 Å². The van der Waals surface area contributed by atoms with Crippen LogP contribution in [0.25, 0.3) is 0 Å². The van der Waals surface area contributed by atoms with E-state index in [1.165, 1.54) is 18.5 Å². The van der Waals surface area contributed by atoms with Crippen molar-refractivity contribution in [3.63, 3.8) is 0 Å². The lowest BCUT2D eigenvalue weighted by atomic mass is 10.1. The Bertz CT molecular complexity index is 664. The summed E-state index contributed by atoms with van der Waals surface area (Å²) in [5.74, 6) is 0. The Kier molecular flexibility index (Phi) is 4.81. The normalized spacial score (nSPS) is 13.9. The number of carbonyl (C=O) groups is 1. The maximum atomic E-state index is 12.1. The minimum absolute atomic E-state index is 0.171. The number of hydrogen-bond acceptors (Lipinski definition) is 2. The van der Waals surface area contributed by atoms with Gasteiger partial charge < -0.3 is 15.5 Å². The van der Waals surface area contributed by atoms with Gasteiger partial charge in [0.15, 0.2) is 0 Å². The SMILES string of the molecule is Cc1ccc(N2CCCC2)cc1NC(=O)NCc1ccccc1. The molecule has 0 atom stereocenters. The molecule has 2 aromatic rings. The highest BCUT2D eigenvalue weighted by Gasteiger charge is 2.14. The number of benzene rings is 2. The number of hydrogen-bond donors (Lipinski definition) is 2. The third-order valence-electron chi connectivity index (χ3n) is 4.24. The van der Waals surface area contributed by atoms with Crippen molar-refractivity contribution >= 4 is 17.4 Å². The first kappa shape index (κ1) is 15.4. The van der Waals surface area contributed by atoms with E-state index in [1.807, 2.05) is 37.3 Å². The van der Waals surface area contributed by atoms with Crippen LogP contribution in [0.1, 0.15) is 24.0 Å². The minimum Gasteiger partial charge on any atom is -0.371 e. The molecule has 2 amide bonds. The molecule has 4 heteroatoms. The van der Waals surface area contributed by atoms with Gasteiger partial charge >= 0.3 is 6.03 Å². The Morgan fingerprint density at radius 1 is 1.09 bits per heavy atom. The molecule has 120 valence electrons. The second-order valence-electron chi connectivity index (χ2n) is 5.99. The van der Waals surface area contributed by atoms with Gasteiger partial charge in [0.25, 0.3) is 0 Å². The molecule has 0 aliphatic carbocycles. The van der Waals surface area contributed by atoms with Gasteiger partial charge in [0.2, 0.25) is 0 Å². The van der Waals surface area contributed by atoms with Crippen molar-refractivity contribution < 1.29 is 4.79 Å². The number of rotatable bonds is 4. The summed E-state index contributed by atoms with van der Waals surface area (Å²) in [6.45, 7) is 4.74. The predicted octanol–water partition coefficient (Wildman–Crippen LogP) is 3.92. The van der Waals surface area contributed by atoms with Crippen LogP contribution in [0.2, 0.25) is 0 Å². The molecule has 0 spiro atoms. The number of amides is 2. The zero-order valence-corrected chi connectivity index (χ0v) is 13.5. The van der Waals surface area contributed by atoms with E-state index in [1.54, 1.807) is 0 Å². The van der Waals surface area contributed by atoms with E-state index >= 15 is 0 Å². The Morgan fingerprint density at radius 2 is 1.83 bits per heavy atom. The fourth-order valence-corrected chi connectivity index (χ4v) is 2.86. The first-order chi connectivity index (χ1) is 11.2. The van der Waals surface area contributed by atoms with E-state index in [-0.39, 0.29) is 6.03 Å². The van der Waals surface area contributed by atoms with E-state index in [4.69, 9.17) is 0 Å². The van der Waals surface area contributed by atoms with Gasteiger partial charge in [-0.3, -0.25) is 0 Å². The molecule has 0 aromatic heterocycles. The van der Waals surface area contributed by atoms with Crippen LogP contribution in [-0.2, 0) is 6.54 Å². The highest BCUT2D eigenvalue weighted by atomic mass is 16.2. The Balaban J connectivity index is 1.62. The van der Waals surface area contributed by atoms with Crippen LogP contribution >= 0.6 is 0 Å². The van der Waals surface area contributed by atoms with Crippen LogP contribution in [0.5, 0.6) is 0 Å². The van der Waals surface area contributed by atoms with Gasteiger partial charge in [-0.15, -0.1) is 0 Å². The monoisotopic (exact) mass is 309 g/mol. The summed E-state index contributed by atoms with van der Waals surface area (Å²) in [6.07, 6.45) is 2.49. The van der Waals surface area contributed by atoms with Crippen LogP contribution in [0.3, 0.4) is 0 Å². The summed E-state index contributed by atoms with van der Waals surface area (Å²) in [5.41, 5.74) is 4.22. The van der Waals surface area contributed by atoms with Crippen molar-refractivity contribution in [2.45, 2.75) is 26.3 Å². The Hall–Kier alpha value is -2.49. The zero-order valence-electron chi connectivity index (χ0n) is 13.5. The largest absolute Gasteiger partial charge is 0.371 e. The molecule has 1 heterocycles. The lowest BCUT2D eigenvalue weighted by Crippen LogP contribution is -2.28. The Labute approximate surface area is 137 Å². The molecule has 1 aliphatic heterocycles. The molecule has 0 unspecified atom stereocenters. The van der Waals surface area contributed by atoms with Crippen molar-refractivity contribution in [3.05, 3.63) is 59.7 Å². The average molecular weight is 309 g/mol. The fraction of sp³-hybridized carbons (Fsp3) is 0.316. The average Bonchev–Trinajstić information content (AvgIpc) is 3.10. The number of nitrogens with one attached hydrogen (secondary N) is 2. The molecule has 3 rings (SSSR count). The highest BCUT2D eigenvalue weighted by molar-refractivity contribution is 5.90. The van der Waals surface area contributed by atoms with E-state index in [2.05, 4.69) is 33.7 Å². The van der Waals surface area contributed by atoms with Gasteiger partial charge in [-0.2, -0.15) is 0 Å². The van der Waals surface area contributed by atoms with Crippen LogP contribution in [0.15, 0.2) is 48.5 Å². The van der Waals surface area contributed by atoms with Crippen molar-refractivity contribution in [1.29, 1.82) is 0 Å². The molecule has 2 N–H and O–H groups in total. The molecule has 1 fully saturated rings. The number of anilines is 2. The van der Waals surface area contributed by atoms with Gasteiger partial charge in [0.05, 0.1) is 0 Å². The molecule has 4 nitrogen and oxygen atoms in total. The lowest BCUT2D eigenvalue weighted by molar-refractivity contribution is 0.251. The topological polar surface area (TPSA) is 44.4 Å². The van der Waals surface area contributed by atoms with Crippen LogP contribution in [0.4, 0.5) is 16.2 Å². The first-order valence-corrected chi connectivity index (χ1v) is 8.17. The smallest absolute Gasteiger partial charge is 0.319 e. The van der Waals surface area contributed by atoms with Crippen molar-refractivity contribution in [2.75, 3.05) is 23.3 Å². The minimum atomic E-state index is -0.171. The summed E-state index contributed by atoms with van der Waals surface area (Å²) in [7, 11) is 0. The molecule has 0 saturated carbocycles. The highest BCUT2D eigenvalue weighted by Crippen LogP contribution is 2.26. The maximum Gasteiger partial charge on any atom is 0.319 e. The quantitative estimate of drug-likeness (QED) is 0.899. The van der Waals surface area contributed by atoms with Crippen molar-refractivity contribution in [3.8, 4) is 0 Å². The summed E-state index contributed by atoms with van der Waals surface area (Å²) in [4.78, 5) is 14.5. The molecule has 0 bridgehead atoms. The lowest BCUT2D eigenvalue weighted by Gasteiger charge is -2.19. The van der Waals surface area contributed by atoms with Gasteiger partial charge in [0, 0.05) is 31.0 Å². The van der Waals surface area contributed by atoms with Crippen LogP contribution < -0.4 is 15.5 Å². The Morgan fingerprint density at radius 3 is 2.57 bits per heavy atom. The summed E-state index contributed by atoms with van der Waals surface area (Å²) >= 11 is 0.